The maximum atomic E-state index is 7.63. The summed E-state index contributed by atoms with van der Waals surface area (Å²) in [5.41, 5.74) is 3.54. The molecule has 0 atom stereocenters. The van der Waals surface area contributed by atoms with Crippen LogP contribution in [0.5, 0.6) is 0 Å². The Kier molecular flexibility index (Phi) is 4.15. The molecule has 0 radical (unpaired) electrons. The van der Waals surface area contributed by atoms with Gasteiger partial charge in [-0.05, 0) is 36.4 Å². The largest absolute Gasteiger partial charge is 0.348 e. The van der Waals surface area contributed by atoms with Crippen molar-refractivity contribution in [1.29, 1.82) is 10.8 Å². The summed E-state index contributed by atoms with van der Waals surface area (Å²) in [6.45, 7) is 1.18. The Morgan fingerprint density at radius 2 is 1.00 bits per heavy atom. The molecule has 3 heterocycles. The predicted molar refractivity (Wildman–Crippen MR) is 98.3 cm³/mol. The van der Waals surface area contributed by atoms with Crippen molar-refractivity contribution >= 4 is 11.0 Å². The molecular formula is C20H18N6. The van der Waals surface area contributed by atoms with Crippen LogP contribution in [0.15, 0.2) is 73.3 Å². The first-order chi connectivity index (χ1) is 12.7. The van der Waals surface area contributed by atoms with Crippen LogP contribution in [0, 0.1) is 10.8 Å². The quantitative estimate of drug-likeness (QED) is 0.596. The van der Waals surface area contributed by atoms with Gasteiger partial charge in [-0.1, -0.05) is 12.1 Å². The molecule has 2 N–H and O–H groups in total. The smallest absolute Gasteiger partial charge is 0.0891 e. The number of hydrogen-bond donors (Lipinski definition) is 2. The zero-order valence-corrected chi connectivity index (χ0v) is 14.1. The lowest BCUT2D eigenvalue weighted by molar-refractivity contribution is 0.707. The summed E-state index contributed by atoms with van der Waals surface area (Å²) in [4.78, 5) is 9.65. The Balaban J connectivity index is 1.77. The van der Waals surface area contributed by atoms with Crippen molar-refractivity contribution in [2.24, 2.45) is 0 Å². The van der Waals surface area contributed by atoms with E-state index in [-0.39, 0.29) is 0 Å². The van der Waals surface area contributed by atoms with Crippen LogP contribution >= 0.6 is 0 Å². The van der Waals surface area contributed by atoms with Crippen LogP contribution in [-0.2, 0) is 13.1 Å². The summed E-state index contributed by atoms with van der Waals surface area (Å²) in [5, 5.41) is 16.2. The van der Waals surface area contributed by atoms with Gasteiger partial charge in [-0.3, -0.25) is 0 Å². The molecule has 0 unspecified atom stereocenters. The first-order valence-electron chi connectivity index (χ1n) is 8.33. The second kappa shape index (κ2) is 6.76. The summed E-state index contributed by atoms with van der Waals surface area (Å²) in [6, 6.07) is 14.9. The van der Waals surface area contributed by atoms with Crippen LogP contribution in [0.4, 0.5) is 0 Å². The fraction of sp³-hybridized carbons (Fsp3) is 0.100. The highest BCUT2D eigenvalue weighted by Crippen LogP contribution is 2.15. The van der Waals surface area contributed by atoms with E-state index in [2.05, 4.69) is 0 Å². The third-order valence-corrected chi connectivity index (χ3v) is 4.17. The molecule has 0 fully saturated rings. The number of nitrogens with zero attached hydrogens (tertiary/aromatic N) is 4. The zero-order chi connectivity index (χ0) is 17.9. The normalized spacial score (nSPS) is 10.9. The second-order valence-electron chi connectivity index (χ2n) is 6.12. The van der Waals surface area contributed by atoms with Crippen molar-refractivity contribution in [2.75, 3.05) is 0 Å². The maximum absolute atomic E-state index is 7.63. The van der Waals surface area contributed by atoms with Crippen LogP contribution in [0.3, 0.4) is 0 Å². The van der Waals surface area contributed by atoms with Gasteiger partial charge in [0.1, 0.15) is 0 Å². The van der Waals surface area contributed by atoms with Gasteiger partial charge in [0.05, 0.1) is 46.2 Å². The Hall–Kier alpha value is -3.54. The van der Waals surface area contributed by atoms with Gasteiger partial charge in [-0.25, -0.2) is 9.97 Å². The fourth-order valence-electron chi connectivity index (χ4n) is 2.80. The molecule has 0 amide bonds. The zero-order valence-electron chi connectivity index (χ0n) is 14.1. The number of aromatic nitrogens is 4. The molecule has 0 aliphatic carbocycles. The van der Waals surface area contributed by atoms with Crippen molar-refractivity contribution in [1.82, 2.24) is 19.1 Å². The molecule has 26 heavy (non-hydrogen) atoms. The van der Waals surface area contributed by atoms with E-state index in [4.69, 9.17) is 20.8 Å². The van der Waals surface area contributed by atoms with Crippen LogP contribution < -0.4 is 10.7 Å². The van der Waals surface area contributed by atoms with Crippen molar-refractivity contribution < 1.29 is 0 Å². The highest BCUT2D eigenvalue weighted by atomic mass is 15.0. The van der Waals surface area contributed by atoms with Crippen molar-refractivity contribution in [3.63, 3.8) is 0 Å². The summed E-state index contributed by atoms with van der Waals surface area (Å²) >= 11 is 0. The monoisotopic (exact) mass is 342 g/mol. The van der Waals surface area contributed by atoms with E-state index < -0.39 is 0 Å². The van der Waals surface area contributed by atoms with Crippen LogP contribution in [0.2, 0.25) is 0 Å². The van der Waals surface area contributed by atoms with Gasteiger partial charge in [0.15, 0.2) is 0 Å². The number of nitrogens with one attached hydrogen (secondary N) is 2. The van der Waals surface area contributed by atoms with E-state index in [9.17, 15) is 0 Å². The summed E-state index contributed by atoms with van der Waals surface area (Å²) in [6.07, 6.45) is 7.52. The molecule has 0 saturated heterocycles. The molecule has 6 heteroatoms. The lowest BCUT2D eigenvalue weighted by Gasteiger charge is -2.13. The fourth-order valence-corrected chi connectivity index (χ4v) is 2.80. The van der Waals surface area contributed by atoms with Crippen molar-refractivity contribution in [3.8, 4) is 0 Å². The standard InChI is InChI=1S/C20H18N6/c21-15-5-9-25(10-6-15)13-19-20(14-26-11-7-16(22)8-12-26)24-18-4-2-1-3-17(18)23-19/h1-12,21-22H,13-14H2. The topological polar surface area (TPSA) is 83.3 Å². The highest BCUT2D eigenvalue weighted by Gasteiger charge is 2.09. The lowest BCUT2D eigenvalue weighted by Crippen LogP contribution is -2.13. The van der Waals surface area contributed by atoms with Gasteiger partial charge in [0.2, 0.25) is 0 Å². The van der Waals surface area contributed by atoms with E-state index in [0.717, 1.165) is 22.4 Å². The van der Waals surface area contributed by atoms with Crippen LogP contribution in [0.25, 0.3) is 11.0 Å². The second-order valence-corrected chi connectivity index (χ2v) is 6.12. The molecule has 0 aliphatic rings. The molecule has 0 bridgehead atoms. The molecule has 4 aromatic rings. The number of fused-ring (bicyclic) bond motifs is 1. The molecule has 0 spiro atoms. The molecule has 128 valence electrons. The summed E-state index contributed by atoms with van der Waals surface area (Å²) in [7, 11) is 0. The van der Waals surface area contributed by atoms with Gasteiger partial charge in [-0.2, -0.15) is 0 Å². The number of para-hydroxylation sites is 2. The van der Waals surface area contributed by atoms with Crippen LogP contribution in [-0.4, -0.2) is 19.1 Å². The van der Waals surface area contributed by atoms with E-state index in [1.807, 2.05) is 58.2 Å². The van der Waals surface area contributed by atoms with Crippen molar-refractivity contribution in [2.45, 2.75) is 13.1 Å². The number of benzene rings is 1. The third-order valence-electron chi connectivity index (χ3n) is 4.17. The third kappa shape index (κ3) is 3.44. The molecule has 0 saturated carbocycles. The average molecular weight is 342 g/mol. The molecule has 4 rings (SSSR count). The minimum atomic E-state index is 0.483. The highest BCUT2D eigenvalue weighted by molar-refractivity contribution is 5.74. The number of hydrogen-bond acceptors (Lipinski definition) is 4. The Labute approximate surface area is 150 Å². The first kappa shape index (κ1) is 16.0. The lowest BCUT2D eigenvalue weighted by atomic mass is 10.2. The van der Waals surface area contributed by atoms with Gasteiger partial charge in [0.25, 0.3) is 0 Å². The van der Waals surface area contributed by atoms with E-state index in [1.54, 1.807) is 24.3 Å². The van der Waals surface area contributed by atoms with Crippen LogP contribution in [0.1, 0.15) is 11.4 Å². The first-order valence-corrected chi connectivity index (χ1v) is 8.33. The SMILES string of the molecule is N=c1ccn(Cc2nc3ccccc3nc2Cn2ccc(=N)cc2)cc1. The molecular weight excluding hydrogens is 324 g/mol. The van der Waals surface area contributed by atoms with Crippen molar-refractivity contribution in [3.05, 3.63) is 95.4 Å². The average Bonchev–Trinajstić information content (AvgIpc) is 2.66. The molecule has 6 nitrogen and oxygen atoms in total. The summed E-state index contributed by atoms with van der Waals surface area (Å²) < 4.78 is 4.00. The number of rotatable bonds is 4. The molecule has 0 aliphatic heterocycles. The summed E-state index contributed by atoms with van der Waals surface area (Å²) in [5.74, 6) is 0. The van der Waals surface area contributed by atoms with Gasteiger partial charge < -0.3 is 20.0 Å². The Morgan fingerprint density at radius 3 is 1.38 bits per heavy atom. The van der Waals surface area contributed by atoms with E-state index in [0.29, 0.717) is 23.8 Å². The Bertz CT molecular complexity index is 1050. The minimum Gasteiger partial charge on any atom is -0.348 e. The molecule has 3 aromatic heterocycles. The van der Waals surface area contributed by atoms with Gasteiger partial charge >= 0.3 is 0 Å². The minimum absolute atomic E-state index is 0.483. The van der Waals surface area contributed by atoms with Gasteiger partial charge in [0, 0.05) is 24.8 Å². The molecule has 1 aromatic carbocycles. The van der Waals surface area contributed by atoms with E-state index in [1.165, 1.54) is 0 Å². The Morgan fingerprint density at radius 1 is 0.615 bits per heavy atom. The predicted octanol–water partition coefficient (Wildman–Crippen LogP) is 2.29. The number of pyridine rings is 2. The maximum Gasteiger partial charge on any atom is 0.0891 e. The van der Waals surface area contributed by atoms with E-state index >= 15 is 0 Å². The van der Waals surface area contributed by atoms with Gasteiger partial charge in [-0.15, -0.1) is 0 Å².